The van der Waals surface area contributed by atoms with E-state index in [1.54, 1.807) is 4.90 Å². The summed E-state index contributed by atoms with van der Waals surface area (Å²) in [5, 5.41) is 2.78. The molecule has 0 aliphatic carbocycles. The number of amides is 2. The molecule has 1 aliphatic heterocycles. The lowest BCUT2D eigenvalue weighted by Crippen LogP contribution is -2.33. The molecule has 1 saturated heterocycles. The Labute approximate surface area is 113 Å². The second-order valence-corrected chi connectivity index (χ2v) is 4.87. The van der Waals surface area contributed by atoms with Gasteiger partial charge < -0.3 is 10.2 Å². The summed E-state index contributed by atoms with van der Waals surface area (Å²) >= 11 is 0. The lowest BCUT2D eigenvalue weighted by molar-refractivity contribution is -0.129. The fourth-order valence-corrected chi connectivity index (χ4v) is 2.39. The van der Waals surface area contributed by atoms with Gasteiger partial charge in [0.05, 0.1) is 5.92 Å². The van der Waals surface area contributed by atoms with E-state index in [1.165, 1.54) is 5.56 Å². The van der Waals surface area contributed by atoms with Crippen molar-refractivity contribution in [1.29, 1.82) is 0 Å². The molecule has 19 heavy (non-hydrogen) atoms. The van der Waals surface area contributed by atoms with Crippen molar-refractivity contribution in [1.82, 2.24) is 10.2 Å². The van der Waals surface area contributed by atoms with Crippen molar-refractivity contribution in [3.05, 3.63) is 35.9 Å². The number of nitrogens with one attached hydrogen (secondary N) is 1. The van der Waals surface area contributed by atoms with Crippen LogP contribution >= 0.6 is 0 Å². The SMILES string of the molecule is CCNC(=O)C1CC(=O)N(CCc2ccccc2)C1. The molecule has 0 aromatic heterocycles. The smallest absolute Gasteiger partial charge is 0.225 e. The van der Waals surface area contributed by atoms with Crippen LogP contribution in [0.5, 0.6) is 0 Å². The van der Waals surface area contributed by atoms with Gasteiger partial charge in [0.25, 0.3) is 0 Å². The van der Waals surface area contributed by atoms with E-state index in [4.69, 9.17) is 0 Å². The molecule has 1 unspecified atom stereocenters. The van der Waals surface area contributed by atoms with Crippen LogP contribution < -0.4 is 5.32 Å². The van der Waals surface area contributed by atoms with Gasteiger partial charge in [-0.05, 0) is 18.9 Å². The van der Waals surface area contributed by atoms with Crippen molar-refractivity contribution in [3.8, 4) is 0 Å². The maximum absolute atomic E-state index is 11.9. The topological polar surface area (TPSA) is 49.4 Å². The van der Waals surface area contributed by atoms with Crippen LogP contribution in [-0.2, 0) is 16.0 Å². The van der Waals surface area contributed by atoms with E-state index in [1.807, 2.05) is 25.1 Å². The average molecular weight is 260 g/mol. The first-order chi connectivity index (χ1) is 9.20. The predicted molar refractivity (Wildman–Crippen MR) is 73.5 cm³/mol. The molecule has 1 aromatic rings. The maximum Gasteiger partial charge on any atom is 0.225 e. The molecule has 0 saturated carbocycles. The Bertz CT molecular complexity index is 445. The molecule has 2 rings (SSSR count). The summed E-state index contributed by atoms with van der Waals surface area (Å²) in [4.78, 5) is 25.4. The summed E-state index contributed by atoms with van der Waals surface area (Å²) in [6.45, 7) is 3.76. The summed E-state index contributed by atoms with van der Waals surface area (Å²) < 4.78 is 0. The van der Waals surface area contributed by atoms with Gasteiger partial charge >= 0.3 is 0 Å². The van der Waals surface area contributed by atoms with Crippen molar-refractivity contribution in [2.45, 2.75) is 19.8 Å². The normalized spacial score (nSPS) is 18.7. The van der Waals surface area contributed by atoms with Gasteiger partial charge in [0.15, 0.2) is 0 Å². The fraction of sp³-hybridized carbons (Fsp3) is 0.467. The summed E-state index contributed by atoms with van der Waals surface area (Å²) in [6.07, 6.45) is 1.19. The van der Waals surface area contributed by atoms with E-state index < -0.39 is 0 Å². The molecule has 2 amide bonds. The third kappa shape index (κ3) is 3.56. The number of hydrogen-bond acceptors (Lipinski definition) is 2. The first kappa shape index (κ1) is 13.6. The zero-order chi connectivity index (χ0) is 13.7. The molecule has 0 radical (unpaired) electrons. The van der Waals surface area contributed by atoms with Gasteiger partial charge in [-0.15, -0.1) is 0 Å². The van der Waals surface area contributed by atoms with Crippen molar-refractivity contribution in [3.63, 3.8) is 0 Å². The van der Waals surface area contributed by atoms with Crippen molar-refractivity contribution < 1.29 is 9.59 Å². The second-order valence-electron chi connectivity index (χ2n) is 4.87. The predicted octanol–water partition coefficient (Wildman–Crippen LogP) is 1.21. The molecule has 4 nitrogen and oxygen atoms in total. The van der Waals surface area contributed by atoms with E-state index >= 15 is 0 Å². The van der Waals surface area contributed by atoms with E-state index in [0.29, 0.717) is 26.1 Å². The largest absolute Gasteiger partial charge is 0.356 e. The van der Waals surface area contributed by atoms with Crippen LogP contribution in [-0.4, -0.2) is 36.3 Å². The lowest BCUT2D eigenvalue weighted by atomic mass is 10.1. The van der Waals surface area contributed by atoms with Gasteiger partial charge in [-0.1, -0.05) is 30.3 Å². The van der Waals surface area contributed by atoms with E-state index in [9.17, 15) is 9.59 Å². The third-order valence-corrected chi connectivity index (χ3v) is 3.45. The number of likely N-dealkylation sites (tertiary alicyclic amines) is 1. The standard InChI is InChI=1S/C15H20N2O2/c1-2-16-15(19)13-10-14(18)17(11-13)9-8-12-6-4-3-5-7-12/h3-7,13H,2,8-11H2,1H3,(H,16,19). The van der Waals surface area contributed by atoms with Crippen LogP contribution in [0.15, 0.2) is 30.3 Å². The van der Waals surface area contributed by atoms with E-state index in [2.05, 4.69) is 17.4 Å². The summed E-state index contributed by atoms with van der Waals surface area (Å²) in [5.41, 5.74) is 1.22. The molecule has 1 atom stereocenters. The molecular weight excluding hydrogens is 240 g/mol. The monoisotopic (exact) mass is 260 g/mol. The Kier molecular flexibility index (Phi) is 4.55. The number of carbonyl (C=O) groups is 2. The number of rotatable bonds is 5. The highest BCUT2D eigenvalue weighted by Gasteiger charge is 2.33. The molecule has 1 aromatic carbocycles. The lowest BCUT2D eigenvalue weighted by Gasteiger charge is -2.16. The summed E-state index contributed by atoms with van der Waals surface area (Å²) in [6, 6.07) is 10.1. The first-order valence-electron chi connectivity index (χ1n) is 6.80. The van der Waals surface area contributed by atoms with Crippen LogP contribution in [0, 0.1) is 5.92 Å². The Hall–Kier alpha value is -1.84. The van der Waals surface area contributed by atoms with Crippen LogP contribution in [0.4, 0.5) is 0 Å². The minimum atomic E-state index is -0.178. The van der Waals surface area contributed by atoms with Gasteiger partial charge in [0.2, 0.25) is 11.8 Å². The van der Waals surface area contributed by atoms with Crippen molar-refractivity contribution in [2.75, 3.05) is 19.6 Å². The Morgan fingerprint density at radius 2 is 2.11 bits per heavy atom. The zero-order valence-corrected chi connectivity index (χ0v) is 11.3. The molecule has 1 fully saturated rings. The number of carbonyl (C=O) groups excluding carboxylic acids is 2. The molecule has 102 valence electrons. The molecule has 0 spiro atoms. The maximum atomic E-state index is 11.9. The van der Waals surface area contributed by atoms with Crippen LogP contribution in [0.2, 0.25) is 0 Å². The van der Waals surface area contributed by atoms with Crippen molar-refractivity contribution in [2.24, 2.45) is 5.92 Å². The van der Waals surface area contributed by atoms with Gasteiger partial charge in [-0.25, -0.2) is 0 Å². The minimum Gasteiger partial charge on any atom is -0.356 e. The minimum absolute atomic E-state index is 0.00180. The van der Waals surface area contributed by atoms with Crippen LogP contribution in [0.25, 0.3) is 0 Å². The molecule has 4 heteroatoms. The Morgan fingerprint density at radius 1 is 1.37 bits per heavy atom. The number of hydrogen-bond donors (Lipinski definition) is 1. The fourth-order valence-electron chi connectivity index (χ4n) is 2.39. The molecule has 1 heterocycles. The van der Waals surface area contributed by atoms with Gasteiger partial charge in [0.1, 0.15) is 0 Å². The van der Waals surface area contributed by atoms with Crippen molar-refractivity contribution >= 4 is 11.8 Å². The molecule has 0 bridgehead atoms. The average Bonchev–Trinajstić information content (AvgIpc) is 2.79. The molecule has 1 aliphatic rings. The summed E-state index contributed by atoms with van der Waals surface area (Å²) in [5.74, 6) is -0.0894. The van der Waals surface area contributed by atoms with Gasteiger partial charge in [-0.3, -0.25) is 9.59 Å². The molecular formula is C15H20N2O2. The highest BCUT2D eigenvalue weighted by molar-refractivity contribution is 5.89. The van der Waals surface area contributed by atoms with Crippen LogP contribution in [0.3, 0.4) is 0 Å². The zero-order valence-electron chi connectivity index (χ0n) is 11.3. The van der Waals surface area contributed by atoms with Gasteiger partial charge in [0, 0.05) is 26.1 Å². The van der Waals surface area contributed by atoms with Gasteiger partial charge in [-0.2, -0.15) is 0 Å². The number of benzene rings is 1. The van der Waals surface area contributed by atoms with E-state index in [-0.39, 0.29) is 17.7 Å². The quantitative estimate of drug-likeness (QED) is 0.865. The Morgan fingerprint density at radius 3 is 2.79 bits per heavy atom. The molecule has 1 N–H and O–H groups in total. The summed E-state index contributed by atoms with van der Waals surface area (Å²) in [7, 11) is 0. The Balaban J connectivity index is 1.85. The highest BCUT2D eigenvalue weighted by atomic mass is 16.2. The third-order valence-electron chi connectivity index (χ3n) is 3.45. The van der Waals surface area contributed by atoms with E-state index in [0.717, 1.165) is 6.42 Å². The second kappa shape index (κ2) is 6.36. The highest BCUT2D eigenvalue weighted by Crippen LogP contribution is 2.18. The number of nitrogens with zero attached hydrogens (tertiary/aromatic N) is 1. The first-order valence-corrected chi connectivity index (χ1v) is 6.80. The van der Waals surface area contributed by atoms with Crippen LogP contribution in [0.1, 0.15) is 18.9 Å².